The molecule has 2 aromatic rings. The fourth-order valence-corrected chi connectivity index (χ4v) is 4.18. The van der Waals surface area contributed by atoms with Crippen LogP contribution in [-0.4, -0.2) is 38.7 Å². The molecule has 26 heavy (non-hydrogen) atoms. The number of carboxylic acids is 1. The minimum Gasteiger partial charge on any atom is -0.479 e. The Labute approximate surface area is 150 Å². The number of benzene rings is 2. The second-order valence-corrected chi connectivity index (χ2v) is 7.43. The Morgan fingerprint density at radius 2 is 1.81 bits per heavy atom. The number of sulfonamides is 1. The van der Waals surface area contributed by atoms with Gasteiger partial charge in [-0.15, -0.1) is 0 Å². The average molecular weight is 376 g/mol. The standard InChI is InChI=1S/C17H16N2O6S/c1-11(16(20)21)25-13-8-9-15-14(10-13)18(2)17(22)19(26(15,23)24)12-6-4-3-5-7-12/h3-11H,1-2H3,(H,20,21)/t11-/m1/s1. The number of fused-ring (bicyclic) bond motifs is 1. The molecule has 0 unspecified atom stereocenters. The summed E-state index contributed by atoms with van der Waals surface area (Å²) >= 11 is 0. The normalized spacial score (nSPS) is 16.8. The van der Waals surface area contributed by atoms with Crippen LogP contribution in [0.25, 0.3) is 0 Å². The van der Waals surface area contributed by atoms with E-state index in [1.54, 1.807) is 18.2 Å². The molecule has 1 aliphatic heterocycles. The number of amides is 2. The second-order valence-electron chi connectivity index (χ2n) is 5.67. The first-order chi connectivity index (χ1) is 12.2. The van der Waals surface area contributed by atoms with Crippen LogP contribution in [-0.2, 0) is 14.8 Å². The van der Waals surface area contributed by atoms with Crippen molar-refractivity contribution in [3.8, 4) is 5.75 Å². The minimum atomic E-state index is -4.11. The summed E-state index contributed by atoms with van der Waals surface area (Å²) in [5.74, 6) is -1.00. The van der Waals surface area contributed by atoms with Gasteiger partial charge in [-0.05, 0) is 31.2 Å². The molecule has 0 saturated carbocycles. The summed E-state index contributed by atoms with van der Waals surface area (Å²) in [7, 11) is -2.67. The van der Waals surface area contributed by atoms with E-state index in [-0.39, 0.29) is 22.0 Å². The van der Waals surface area contributed by atoms with Crippen LogP contribution < -0.4 is 13.9 Å². The van der Waals surface area contributed by atoms with E-state index in [1.165, 1.54) is 49.2 Å². The van der Waals surface area contributed by atoms with Gasteiger partial charge >= 0.3 is 12.0 Å². The molecule has 0 aromatic heterocycles. The molecular weight excluding hydrogens is 360 g/mol. The number of hydrogen-bond donors (Lipinski definition) is 1. The summed E-state index contributed by atoms with van der Waals surface area (Å²) in [6.45, 7) is 1.35. The predicted molar refractivity (Wildman–Crippen MR) is 94.1 cm³/mol. The van der Waals surface area contributed by atoms with Gasteiger partial charge in [0.2, 0.25) is 0 Å². The van der Waals surface area contributed by atoms with E-state index < -0.39 is 28.1 Å². The van der Waals surface area contributed by atoms with Crippen LogP contribution in [0.4, 0.5) is 16.2 Å². The largest absolute Gasteiger partial charge is 0.479 e. The maximum atomic E-state index is 12.9. The van der Waals surface area contributed by atoms with Gasteiger partial charge < -0.3 is 9.84 Å². The Hall–Kier alpha value is -3.07. The first kappa shape index (κ1) is 17.7. The first-order valence-corrected chi connectivity index (χ1v) is 9.09. The lowest BCUT2D eigenvalue weighted by molar-refractivity contribution is -0.144. The molecule has 136 valence electrons. The zero-order valence-electron chi connectivity index (χ0n) is 14.0. The highest BCUT2D eigenvalue weighted by molar-refractivity contribution is 7.94. The average Bonchev–Trinajstić information content (AvgIpc) is 2.60. The third-order valence-corrected chi connectivity index (χ3v) is 5.67. The van der Waals surface area contributed by atoms with Gasteiger partial charge in [-0.1, -0.05) is 18.2 Å². The number of para-hydroxylation sites is 1. The van der Waals surface area contributed by atoms with Gasteiger partial charge in [0.1, 0.15) is 10.6 Å². The van der Waals surface area contributed by atoms with E-state index in [0.717, 1.165) is 4.31 Å². The zero-order valence-corrected chi connectivity index (χ0v) is 14.8. The molecule has 1 heterocycles. The number of hydrogen-bond acceptors (Lipinski definition) is 5. The lowest BCUT2D eigenvalue weighted by Crippen LogP contribution is -2.49. The first-order valence-electron chi connectivity index (χ1n) is 7.65. The van der Waals surface area contributed by atoms with Crippen molar-refractivity contribution in [2.45, 2.75) is 17.9 Å². The Morgan fingerprint density at radius 3 is 2.42 bits per heavy atom. The van der Waals surface area contributed by atoms with E-state index in [4.69, 9.17) is 9.84 Å². The number of aliphatic carboxylic acids is 1. The second kappa shape index (κ2) is 6.34. The molecule has 0 radical (unpaired) electrons. The van der Waals surface area contributed by atoms with Crippen molar-refractivity contribution in [1.29, 1.82) is 0 Å². The highest BCUT2D eigenvalue weighted by atomic mass is 32.2. The number of carbonyl (C=O) groups excluding carboxylic acids is 1. The highest BCUT2D eigenvalue weighted by Crippen LogP contribution is 2.38. The van der Waals surface area contributed by atoms with Gasteiger partial charge in [0.25, 0.3) is 10.0 Å². The van der Waals surface area contributed by atoms with E-state index in [9.17, 15) is 18.0 Å². The van der Waals surface area contributed by atoms with Gasteiger partial charge in [-0.25, -0.2) is 18.0 Å². The van der Waals surface area contributed by atoms with Crippen molar-refractivity contribution in [3.05, 3.63) is 48.5 Å². The van der Waals surface area contributed by atoms with Crippen LogP contribution in [0.3, 0.4) is 0 Å². The molecule has 2 amide bonds. The summed E-state index contributed by atoms with van der Waals surface area (Å²) in [5.41, 5.74) is 0.354. The third-order valence-electron chi connectivity index (χ3n) is 3.92. The van der Waals surface area contributed by atoms with Crippen LogP contribution in [0.15, 0.2) is 53.4 Å². The third kappa shape index (κ3) is 2.86. The lowest BCUT2D eigenvalue weighted by atomic mass is 10.2. The molecule has 0 spiro atoms. The predicted octanol–water partition coefficient (Wildman–Crippen LogP) is 2.30. The fourth-order valence-electron chi connectivity index (χ4n) is 2.56. The van der Waals surface area contributed by atoms with Gasteiger partial charge in [0, 0.05) is 13.1 Å². The number of nitrogens with zero attached hydrogens (tertiary/aromatic N) is 2. The number of urea groups is 1. The van der Waals surface area contributed by atoms with Gasteiger partial charge in [-0.3, -0.25) is 4.90 Å². The van der Waals surface area contributed by atoms with E-state index in [1.807, 2.05) is 0 Å². The van der Waals surface area contributed by atoms with Gasteiger partial charge in [0.05, 0.1) is 11.4 Å². The van der Waals surface area contributed by atoms with Crippen molar-refractivity contribution in [2.75, 3.05) is 16.3 Å². The van der Waals surface area contributed by atoms with Crippen LogP contribution in [0.1, 0.15) is 6.92 Å². The lowest BCUT2D eigenvalue weighted by Gasteiger charge is -2.34. The topological polar surface area (TPSA) is 104 Å². The Balaban J connectivity index is 2.08. The molecule has 1 N–H and O–H groups in total. The molecule has 1 aliphatic rings. The minimum absolute atomic E-state index is 0.0706. The molecule has 3 rings (SSSR count). The van der Waals surface area contributed by atoms with Crippen LogP contribution >= 0.6 is 0 Å². The Kier molecular flexibility index (Phi) is 4.33. The Bertz CT molecular complexity index is 974. The molecule has 1 atom stereocenters. The summed E-state index contributed by atoms with van der Waals surface area (Å²) in [5, 5.41) is 8.93. The molecule has 0 aliphatic carbocycles. The number of carbonyl (C=O) groups is 2. The molecular formula is C17H16N2O6S. The van der Waals surface area contributed by atoms with Crippen molar-refractivity contribution in [1.82, 2.24) is 0 Å². The van der Waals surface area contributed by atoms with Crippen molar-refractivity contribution in [2.24, 2.45) is 0 Å². The van der Waals surface area contributed by atoms with Gasteiger partial charge in [-0.2, -0.15) is 4.31 Å². The monoisotopic (exact) mass is 376 g/mol. The maximum absolute atomic E-state index is 12.9. The van der Waals surface area contributed by atoms with Crippen molar-refractivity contribution >= 4 is 33.4 Å². The molecule has 0 saturated heterocycles. The number of rotatable bonds is 4. The smallest absolute Gasteiger partial charge is 0.344 e. The van der Waals surface area contributed by atoms with Crippen molar-refractivity contribution in [3.63, 3.8) is 0 Å². The quantitative estimate of drug-likeness (QED) is 0.878. The number of ether oxygens (including phenoxy) is 1. The highest BCUT2D eigenvalue weighted by Gasteiger charge is 2.41. The Morgan fingerprint density at radius 1 is 1.15 bits per heavy atom. The maximum Gasteiger partial charge on any atom is 0.344 e. The summed E-state index contributed by atoms with van der Waals surface area (Å²) in [4.78, 5) is 24.7. The fraction of sp³-hybridized carbons (Fsp3) is 0.176. The molecule has 2 aromatic carbocycles. The zero-order chi connectivity index (χ0) is 19.1. The summed E-state index contributed by atoms with van der Waals surface area (Å²) in [6.07, 6.45) is -1.12. The van der Waals surface area contributed by atoms with Crippen molar-refractivity contribution < 1.29 is 27.9 Å². The van der Waals surface area contributed by atoms with E-state index >= 15 is 0 Å². The number of anilines is 2. The molecule has 9 heteroatoms. The SMILES string of the molecule is C[C@@H](Oc1ccc2c(c1)N(C)C(=O)N(c1ccccc1)S2(=O)=O)C(=O)O. The van der Waals surface area contributed by atoms with E-state index in [0.29, 0.717) is 0 Å². The molecule has 8 nitrogen and oxygen atoms in total. The number of carboxylic acid groups (broad SMARTS) is 1. The van der Waals surface area contributed by atoms with Gasteiger partial charge in [0.15, 0.2) is 6.10 Å². The molecule has 0 bridgehead atoms. The summed E-state index contributed by atoms with van der Waals surface area (Å²) < 4.78 is 31.9. The van der Waals surface area contributed by atoms with Crippen LogP contribution in [0.5, 0.6) is 5.75 Å². The van der Waals surface area contributed by atoms with Crippen LogP contribution in [0, 0.1) is 0 Å². The van der Waals surface area contributed by atoms with E-state index in [2.05, 4.69) is 0 Å². The molecule has 0 fully saturated rings. The van der Waals surface area contributed by atoms with Crippen LogP contribution in [0.2, 0.25) is 0 Å². The summed E-state index contributed by atoms with van der Waals surface area (Å²) in [6, 6.07) is 11.3.